The maximum Gasteiger partial charge on any atom is 0.317 e. The number of carbonyl (C=O) groups is 3. The minimum Gasteiger partial charge on any atom is -0.469 e. The maximum absolute atomic E-state index is 11.4. The van der Waals surface area contributed by atoms with Gasteiger partial charge >= 0.3 is 11.9 Å². The van der Waals surface area contributed by atoms with Crippen LogP contribution in [0.2, 0.25) is 0 Å². The molecule has 0 aromatic heterocycles. The molecule has 0 radical (unpaired) electrons. The van der Waals surface area contributed by atoms with Crippen molar-refractivity contribution in [3.63, 3.8) is 0 Å². The predicted molar refractivity (Wildman–Crippen MR) is 59.1 cm³/mol. The fraction of sp³-hybridized carbons (Fsp3) is 0.750. The predicted octanol–water partition coefficient (Wildman–Crippen LogP) is 1.10. The summed E-state index contributed by atoms with van der Waals surface area (Å²) in [6.45, 7) is 1.85. The van der Waals surface area contributed by atoms with Gasteiger partial charge in [0.25, 0.3) is 0 Å². The molecule has 0 saturated carbocycles. The Morgan fingerprint density at radius 1 is 1.47 bits per heavy atom. The molecular formula is C12H18O5. The second kappa shape index (κ2) is 6.37. The Bertz CT molecular complexity index is 294. The zero-order valence-electron chi connectivity index (χ0n) is 10.2. The van der Waals surface area contributed by atoms with Gasteiger partial charge in [0.05, 0.1) is 13.0 Å². The third-order valence-corrected chi connectivity index (χ3v) is 3.01. The van der Waals surface area contributed by atoms with Gasteiger partial charge in [-0.15, -0.1) is 0 Å². The molecule has 5 nitrogen and oxygen atoms in total. The molecule has 1 rings (SSSR count). The van der Waals surface area contributed by atoms with E-state index in [1.54, 1.807) is 0 Å². The molecule has 2 atom stereocenters. The number of carbonyl (C=O) groups excluding carboxylic acids is 3. The Hall–Kier alpha value is -1.39. The van der Waals surface area contributed by atoms with Gasteiger partial charge in [0.1, 0.15) is 5.92 Å². The van der Waals surface area contributed by atoms with E-state index < -0.39 is 11.9 Å². The summed E-state index contributed by atoms with van der Waals surface area (Å²) in [5.74, 6) is -1.83. The molecule has 5 heteroatoms. The van der Waals surface area contributed by atoms with Crippen LogP contribution in [0, 0.1) is 11.8 Å². The summed E-state index contributed by atoms with van der Waals surface area (Å²) in [6.07, 6.45) is 2.44. The average molecular weight is 242 g/mol. The summed E-state index contributed by atoms with van der Waals surface area (Å²) >= 11 is 0. The topological polar surface area (TPSA) is 69.7 Å². The molecular weight excluding hydrogens is 224 g/mol. The van der Waals surface area contributed by atoms with Crippen LogP contribution in [0.5, 0.6) is 0 Å². The van der Waals surface area contributed by atoms with E-state index in [1.165, 1.54) is 7.11 Å². The van der Waals surface area contributed by atoms with Crippen LogP contribution in [-0.4, -0.2) is 31.4 Å². The molecule has 0 aliphatic carbocycles. The van der Waals surface area contributed by atoms with Gasteiger partial charge in [-0.1, -0.05) is 13.3 Å². The van der Waals surface area contributed by atoms with Crippen molar-refractivity contribution in [2.24, 2.45) is 11.8 Å². The monoisotopic (exact) mass is 242 g/mol. The Labute approximate surface area is 100 Å². The van der Waals surface area contributed by atoms with Crippen LogP contribution in [-0.2, 0) is 23.9 Å². The van der Waals surface area contributed by atoms with Crippen LogP contribution in [0.3, 0.4) is 0 Å². The number of Topliss-reactive ketones (excluding diaryl/α,β-unsaturated/α-hetero) is 1. The van der Waals surface area contributed by atoms with E-state index in [9.17, 15) is 14.4 Å². The van der Waals surface area contributed by atoms with Crippen LogP contribution < -0.4 is 0 Å². The van der Waals surface area contributed by atoms with Gasteiger partial charge in [-0.25, -0.2) is 0 Å². The van der Waals surface area contributed by atoms with E-state index in [-0.39, 0.29) is 24.3 Å². The van der Waals surface area contributed by atoms with Crippen molar-refractivity contribution < 1.29 is 23.9 Å². The van der Waals surface area contributed by atoms with Crippen molar-refractivity contribution in [1.29, 1.82) is 0 Å². The lowest BCUT2D eigenvalue weighted by Gasteiger charge is -2.14. The van der Waals surface area contributed by atoms with Crippen molar-refractivity contribution in [2.45, 2.75) is 32.6 Å². The normalized spacial score (nSPS) is 21.2. The summed E-state index contributed by atoms with van der Waals surface area (Å²) in [5.41, 5.74) is 0. The first-order valence-electron chi connectivity index (χ1n) is 5.87. The number of hydrogen-bond acceptors (Lipinski definition) is 5. The lowest BCUT2D eigenvalue weighted by molar-refractivity contribution is -0.147. The van der Waals surface area contributed by atoms with E-state index in [2.05, 4.69) is 4.74 Å². The molecule has 17 heavy (non-hydrogen) atoms. The van der Waals surface area contributed by atoms with Crippen LogP contribution in [0.15, 0.2) is 0 Å². The lowest BCUT2D eigenvalue weighted by Crippen LogP contribution is -2.21. The molecule has 0 amide bonds. The number of methoxy groups -OCH3 is 1. The highest BCUT2D eigenvalue weighted by Crippen LogP contribution is 2.23. The van der Waals surface area contributed by atoms with Gasteiger partial charge in [0.15, 0.2) is 12.4 Å². The molecule has 1 aliphatic rings. The fourth-order valence-electron chi connectivity index (χ4n) is 2.02. The first-order chi connectivity index (χ1) is 8.10. The van der Waals surface area contributed by atoms with E-state index in [0.29, 0.717) is 19.3 Å². The lowest BCUT2D eigenvalue weighted by atomic mass is 9.91. The zero-order chi connectivity index (χ0) is 12.8. The van der Waals surface area contributed by atoms with Crippen molar-refractivity contribution in [3.8, 4) is 0 Å². The van der Waals surface area contributed by atoms with Gasteiger partial charge in [-0.2, -0.15) is 0 Å². The van der Waals surface area contributed by atoms with Crippen molar-refractivity contribution in [1.82, 2.24) is 0 Å². The largest absolute Gasteiger partial charge is 0.469 e. The van der Waals surface area contributed by atoms with E-state index >= 15 is 0 Å². The second-order valence-corrected chi connectivity index (χ2v) is 4.21. The molecule has 0 bridgehead atoms. The number of ether oxygens (including phenoxy) is 2. The fourth-order valence-corrected chi connectivity index (χ4v) is 2.02. The number of cyclic esters (lactones) is 1. The summed E-state index contributed by atoms with van der Waals surface area (Å²) in [4.78, 5) is 34.0. The SMILES string of the molecule is CCCC(CCC1C(=O)COC1=O)C(=O)OC. The third-order valence-electron chi connectivity index (χ3n) is 3.01. The molecule has 2 unspecified atom stereocenters. The Kier molecular flexibility index (Phi) is 5.12. The summed E-state index contributed by atoms with van der Waals surface area (Å²) < 4.78 is 9.35. The standard InChI is InChI=1S/C12H18O5/c1-3-4-8(11(14)16-2)5-6-9-10(13)7-17-12(9)15/h8-9H,3-7H2,1-2H3. The van der Waals surface area contributed by atoms with Crippen molar-refractivity contribution in [2.75, 3.05) is 13.7 Å². The molecule has 1 saturated heterocycles. The molecule has 1 heterocycles. The van der Waals surface area contributed by atoms with Crippen LogP contribution in [0.25, 0.3) is 0 Å². The molecule has 0 spiro atoms. The average Bonchev–Trinajstić information content (AvgIpc) is 2.64. The molecule has 1 aliphatic heterocycles. The number of esters is 2. The summed E-state index contributed by atoms with van der Waals surface area (Å²) in [7, 11) is 1.35. The Morgan fingerprint density at radius 3 is 2.65 bits per heavy atom. The highest BCUT2D eigenvalue weighted by molar-refractivity contribution is 6.04. The Morgan fingerprint density at radius 2 is 2.18 bits per heavy atom. The quantitative estimate of drug-likeness (QED) is 0.515. The van der Waals surface area contributed by atoms with Gasteiger partial charge in [-0.3, -0.25) is 14.4 Å². The van der Waals surface area contributed by atoms with E-state index in [1.807, 2.05) is 6.92 Å². The summed E-state index contributed by atoms with van der Waals surface area (Å²) in [5, 5.41) is 0. The van der Waals surface area contributed by atoms with Gasteiger partial charge in [-0.05, 0) is 19.3 Å². The zero-order valence-corrected chi connectivity index (χ0v) is 10.2. The first-order valence-corrected chi connectivity index (χ1v) is 5.87. The van der Waals surface area contributed by atoms with Gasteiger partial charge in [0, 0.05) is 0 Å². The highest BCUT2D eigenvalue weighted by atomic mass is 16.5. The highest BCUT2D eigenvalue weighted by Gasteiger charge is 2.35. The number of ketones is 1. The molecule has 1 fully saturated rings. The van der Waals surface area contributed by atoms with E-state index in [0.717, 1.165) is 6.42 Å². The maximum atomic E-state index is 11.4. The first kappa shape index (κ1) is 13.7. The minimum absolute atomic E-state index is 0.125. The summed E-state index contributed by atoms with van der Waals surface area (Å²) in [6, 6.07) is 0. The van der Waals surface area contributed by atoms with Crippen LogP contribution >= 0.6 is 0 Å². The minimum atomic E-state index is -0.681. The molecule has 0 aromatic rings. The molecule has 0 aromatic carbocycles. The van der Waals surface area contributed by atoms with Crippen LogP contribution in [0.1, 0.15) is 32.6 Å². The number of rotatable bonds is 6. The smallest absolute Gasteiger partial charge is 0.317 e. The van der Waals surface area contributed by atoms with Gasteiger partial charge in [0.2, 0.25) is 0 Å². The third kappa shape index (κ3) is 3.54. The van der Waals surface area contributed by atoms with Crippen molar-refractivity contribution in [3.05, 3.63) is 0 Å². The molecule has 0 N–H and O–H groups in total. The van der Waals surface area contributed by atoms with Crippen molar-refractivity contribution >= 4 is 17.7 Å². The second-order valence-electron chi connectivity index (χ2n) is 4.21. The van der Waals surface area contributed by atoms with Crippen LogP contribution in [0.4, 0.5) is 0 Å². The van der Waals surface area contributed by atoms with E-state index in [4.69, 9.17) is 4.74 Å². The molecule has 96 valence electrons. The Balaban J connectivity index is 2.48. The van der Waals surface area contributed by atoms with Gasteiger partial charge < -0.3 is 9.47 Å². The number of hydrogen-bond donors (Lipinski definition) is 0.